The molecule has 1 heterocycles. The summed E-state index contributed by atoms with van der Waals surface area (Å²) in [5.74, 6) is 1.65. The summed E-state index contributed by atoms with van der Waals surface area (Å²) in [5.41, 5.74) is 1.22. The minimum Gasteiger partial charge on any atom is -0.495 e. The van der Waals surface area contributed by atoms with Crippen LogP contribution in [0.1, 0.15) is 0 Å². The van der Waals surface area contributed by atoms with Crippen LogP contribution in [0.25, 0.3) is 0 Å². The summed E-state index contributed by atoms with van der Waals surface area (Å²) in [7, 11) is -0.948. The molecular weight excluding hydrogens is 464 g/mol. The van der Waals surface area contributed by atoms with E-state index >= 15 is 0 Å². The zero-order valence-electron chi connectivity index (χ0n) is 17.8. The van der Waals surface area contributed by atoms with E-state index in [2.05, 4.69) is 15.7 Å². The van der Waals surface area contributed by atoms with Crippen molar-refractivity contribution >= 4 is 44.6 Å². The molecule has 0 amide bonds. The number of anilines is 4. The summed E-state index contributed by atoms with van der Waals surface area (Å²) in [6.45, 7) is 0. The minimum atomic E-state index is -4.04. The highest BCUT2D eigenvalue weighted by atomic mass is 35.5. The first-order chi connectivity index (χ1) is 15.9. The van der Waals surface area contributed by atoms with Gasteiger partial charge in [-0.15, -0.1) is 9.19 Å². The first-order valence-electron chi connectivity index (χ1n) is 9.83. The zero-order valence-corrected chi connectivity index (χ0v) is 19.4. The topological polar surface area (TPSA) is 94.5 Å². The molecule has 2 N–H and O–H groups in total. The molecule has 1 aromatic heterocycles. The second kappa shape index (κ2) is 9.43. The van der Waals surface area contributed by atoms with Gasteiger partial charge in [0.05, 0.1) is 30.5 Å². The molecule has 170 valence electrons. The van der Waals surface area contributed by atoms with Crippen LogP contribution in [0.2, 0.25) is 5.02 Å². The number of halogens is 1. The lowest BCUT2D eigenvalue weighted by Gasteiger charge is -2.12. The van der Waals surface area contributed by atoms with Crippen LogP contribution in [0.3, 0.4) is 0 Å². The number of benzene rings is 3. The Labute approximate surface area is 196 Å². The summed E-state index contributed by atoms with van der Waals surface area (Å²) < 4.78 is 38.6. The van der Waals surface area contributed by atoms with E-state index in [1.54, 1.807) is 37.4 Å². The van der Waals surface area contributed by atoms with Gasteiger partial charge in [-0.05, 0) is 48.5 Å². The number of aromatic nitrogens is 2. The molecule has 0 fully saturated rings. The van der Waals surface area contributed by atoms with Gasteiger partial charge in [-0.1, -0.05) is 35.9 Å². The van der Waals surface area contributed by atoms with Gasteiger partial charge in [0.2, 0.25) is 0 Å². The zero-order chi connectivity index (χ0) is 23.4. The van der Waals surface area contributed by atoms with E-state index in [1.165, 1.54) is 31.4 Å². The normalized spacial score (nSPS) is 11.1. The van der Waals surface area contributed by atoms with E-state index in [0.717, 1.165) is 4.09 Å². The molecule has 33 heavy (non-hydrogen) atoms. The molecule has 3 aromatic carbocycles. The van der Waals surface area contributed by atoms with Crippen LogP contribution in [-0.4, -0.2) is 31.8 Å². The maximum atomic E-state index is 13.4. The molecule has 4 rings (SSSR count). The van der Waals surface area contributed by atoms with E-state index in [9.17, 15) is 8.42 Å². The van der Waals surface area contributed by atoms with E-state index < -0.39 is 10.0 Å². The van der Waals surface area contributed by atoms with Crippen molar-refractivity contribution in [3.8, 4) is 11.5 Å². The largest absolute Gasteiger partial charge is 0.495 e. The van der Waals surface area contributed by atoms with Crippen LogP contribution < -0.4 is 20.1 Å². The van der Waals surface area contributed by atoms with Crippen molar-refractivity contribution in [1.29, 1.82) is 0 Å². The predicted octanol–water partition coefficient (Wildman–Crippen LogP) is 5.28. The molecule has 0 aliphatic rings. The molecule has 0 spiro atoms. The molecule has 10 heteroatoms. The fraction of sp³-hybridized carbons (Fsp3) is 0.0870. The van der Waals surface area contributed by atoms with Crippen molar-refractivity contribution in [2.24, 2.45) is 0 Å². The monoisotopic (exact) mass is 484 g/mol. The number of rotatable bonds is 8. The van der Waals surface area contributed by atoms with Gasteiger partial charge >= 0.3 is 0 Å². The Morgan fingerprint density at radius 2 is 1.36 bits per heavy atom. The highest BCUT2D eigenvalue weighted by molar-refractivity contribution is 7.90. The Hall–Kier alpha value is -3.69. The molecule has 0 unspecified atom stereocenters. The Balaban J connectivity index is 1.80. The summed E-state index contributed by atoms with van der Waals surface area (Å²) >= 11 is 5.94. The van der Waals surface area contributed by atoms with Crippen molar-refractivity contribution in [2.45, 2.75) is 4.90 Å². The molecule has 0 aliphatic carbocycles. The Morgan fingerprint density at radius 3 is 1.94 bits per heavy atom. The van der Waals surface area contributed by atoms with Gasteiger partial charge in [0.25, 0.3) is 10.0 Å². The maximum Gasteiger partial charge on any atom is 0.284 e. The number of para-hydroxylation sites is 4. The van der Waals surface area contributed by atoms with Gasteiger partial charge in [-0.25, -0.2) is 0 Å². The van der Waals surface area contributed by atoms with E-state index in [-0.39, 0.29) is 10.7 Å². The lowest BCUT2D eigenvalue weighted by Crippen LogP contribution is -2.17. The van der Waals surface area contributed by atoms with Crippen molar-refractivity contribution in [2.75, 3.05) is 24.9 Å². The first-order valence-corrected chi connectivity index (χ1v) is 11.7. The highest BCUT2D eigenvalue weighted by Gasteiger charge is 2.24. The van der Waals surface area contributed by atoms with Crippen molar-refractivity contribution in [1.82, 2.24) is 9.19 Å². The van der Waals surface area contributed by atoms with Crippen LogP contribution >= 0.6 is 11.6 Å². The van der Waals surface area contributed by atoms with Gasteiger partial charge in [0, 0.05) is 11.1 Å². The Kier molecular flexibility index (Phi) is 6.43. The summed E-state index contributed by atoms with van der Waals surface area (Å²) in [4.78, 5) is 0.0434. The van der Waals surface area contributed by atoms with Crippen LogP contribution in [0.5, 0.6) is 11.5 Å². The first kappa shape index (κ1) is 22.5. The second-order valence-corrected chi connectivity index (χ2v) is 9.07. The van der Waals surface area contributed by atoms with Crippen molar-refractivity contribution < 1.29 is 17.9 Å². The average molecular weight is 485 g/mol. The fourth-order valence-electron chi connectivity index (χ4n) is 3.17. The average Bonchev–Trinajstić information content (AvgIpc) is 3.23. The SMILES string of the molecule is COc1ccccc1Nc1cc(Nc2ccccc2OC)n(S(=O)(=O)c2ccc(Cl)cc2)n1. The van der Waals surface area contributed by atoms with E-state index in [4.69, 9.17) is 21.1 Å². The standard InChI is InChI=1S/C23H21ClN4O4S/c1-31-20-9-5-3-7-18(20)25-22-15-23(26-19-8-4-6-10-21(19)32-2)28(27-22)33(29,30)17-13-11-16(24)12-14-17/h3-15,26H,1-2H3,(H,25,27). The number of hydrogen-bond donors (Lipinski definition) is 2. The maximum absolute atomic E-state index is 13.4. The number of nitrogens with zero attached hydrogens (tertiary/aromatic N) is 2. The third-order valence-corrected chi connectivity index (χ3v) is 6.61. The van der Waals surface area contributed by atoms with Crippen LogP contribution in [0.4, 0.5) is 23.0 Å². The van der Waals surface area contributed by atoms with Crippen LogP contribution in [-0.2, 0) is 10.0 Å². The van der Waals surface area contributed by atoms with E-state index in [1.807, 2.05) is 24.3 Å². The Morgan fingerprint density at radius 1 is 0.818 bits per heavy atom. The summed E-state index contributed by atoms with van der Waals surface area (Å²) in [5, 5.41) is 11.0. The minimum absolute atomic E-state index is 0.0434. The number of nitrogens with one attached hydrogen (secondary N) is 2. The predicted molar refractivity (Wildman–Crippen MR) is 129 cm³/mol. The van der Waals surface area contributed by atoms with Crippen molar-refractivity contribution in [3.63, 3.8) is 0 Å². The molecule has 0 saturated heterocycles. The van der Waals surface area contributed by atoms with Gasteiger partial charge in [0.1, 0.15) is 17.3 Å². The lowest BCUT2D eigenvalue weighted by molar-refractivity contribution is 0.416. The number of methoxy groups -OCH3 is 2. The second-order valence-electron chi connectivity index (χ2n) is 6.87. The van der Waals surface area contributed by atoms with E-state index in [0.29, 0.717) is 33.7 Å². The third-order valence-electron chi connectivity index (χ3n) is 4.76. The molecule has 0 saturated carbocycles. The number of ether oxygens (including phenoxy) is 2. The van der Waals surface area contributed by atoms with Gasteiger partial charge in [-0.3, -0.25) is 0 Å². The smallest absolute Gasteiger partial charge is 0.284 e. The fourth-order valence-corrected chi connectivity index (χ4v) is 4.53. The molecule has 0 radical (unpaired) electrons. The summed E-state index contributed by atoms with van der Waals surface area (Å²) in [6.07, 6.45) is 0. The molecule has 0 bridgehead atoms. The van der Waals surface area contributed by atoms with Crippen LogP contribution in [0, 0.1) is 0 Å². The van der Waals surface area contributed by atoms with Gasteiger partial charge in [-0.2, -0.15) is 8.42 Å². The van der Waals surface area contributed by atoms with Crippen molar-refractivity contribution in [3.05, 3.63) is 83.9 Å². The lowest BCUT2D eigenvalue weighted by atomic mass is 10.3. The quantitative estimate of drug-likeness (QED) is 0.351. The molecular formula is C23H21ClN4O4S. The number of hydrogen-bond acceptors (Lipinski definition) is 7. The van der Waals surface area contributed by atoms with Crippen LogP contribution in [0.15, 0.2) is 83.8 Å². The molecule has 8 nitrogen and oxygen atoms in total. The molecule has 0 aliphatic heterocycles. The molecule has 4 aromatic rings. The highest BCUT2D eigenvalue weighted by Crippen LogP contribution is 2.32. The third kappa shape index (κ3) is 4.74. The van der Waals surface area contributed by atoms with Gasteiger partial charge in [0.15, 0.2) is 5.82 Å². The van der Waals surface area contributed by atoms with Gasteiger partial charge < -0.3 is 20.1 Å². The molecule has 0 atom stereocenters. The summed E-state index contributed by atoms with van der Waals surface area (Å²) in [6, 6.07) is 21.9. The Bertz CT molecular complexity index is 1370.